The Bertz CT molecular complexity index is 316. The molecule has 1 unspecified atom stereocenters. The zero-order valence-corrected chi connectivity index (χ0v) is 9.40. The van der Waals surface area contributed by atoms with E-state index in [2.05, 4.69) is 24.0 Å². The average molecular weight is 210 g/mol. The van der Waals surface area contributed by atoms with Gasteiger partial charge in [-0.1, -0.05) is 18.1 Å². The molecular formula is C12H16ClN. The highest BCUT2D eigenvalue weighted by Gasteiger charge is 1.96. The van der Waals surface area contributed by atoms with Crippen LogP contribution in [-0.2, 0) is 6.42 Å². The smallest absolute Gasteiger partial charge is 0.0245 e. The Labute approximate surface area is 92.1 Å². The molecule has 1 aromatic rings. The summed E-state index contributed by atoms with van der Waals surface area (Å²) in [5.41, 5.74) is 8.03. The SMILES string of the molecule is CC#Cc1ccc(CC(C)N)cc1.Cl. The quantitative estimate of drug-likeness (QED) is 0.744. The van der Waals surface area contributed by atoms with Crippen LogP contribution in [0.4, 0.5) is 0 Å². The van der Waals surface area contributed by atoms with Crippen molar-refractivity contribution in [1.82, 2.24) is 0 Å². The van der Waals surface area contributed by atoms with Gasteiger partial charge in [0.05, 0.1) is 0 Å². The van der Waals surface area contributed by atoms with E-state index < -0.39 is 0 Å². The van der Waals surface area contributed by atoms with Crippen molar-refractivity contribution in [2.75, 3.05) is 0 Å². The summed E-state index contributed by atoms with van der Waals surface area (Å²) in [5, 5.41) is 0. The molecule has 0 aromatic heterocycles. The van der Waals surface area contributed by atoms with Gasteiger partial charge in [-0.25, -0.2) is 0 Å². The largest absolute Gasteiger partial charge is 0.328 e. The molecule has 0 aliphatic rings. The van der Waals surface area contributed by atoms with Crippen LogP contribution in [0.2, 0.25) is 0 Å². The molecule has 0 aliphatic carbocycles. The summed E-state index contributed by atoms with van der Waals surface area (Å²) < 4.78 is 0. The van der Waals surface area contributed by atoms with E-state index in [1.807, 2.05) is 26.0 Å². The van der Waals surface area contributed by atoms with Crippen molar-refractivity contribution in [3.63, 3.8) is 0 Å². The minimum atomic E-state index is 0. The van der Waals surface area contributed by atoms with Crippen molar-refractivity contribution in [3.8, 4) is 11.8 Å². The van der Waals surface area contributed by atoms with E-state index in [1.54, 1.807) is 0 Å². The molecule has 0 bridgehead atoms. The number of halogens is 1. The van der Waals surface area contributed by atoms with Crippen molar-refractivity contribution in [1.29, 1.82) is 0 Å². The third-order valence-corrected chi connectivity index (χ3v) is 1.78. The molecule has 0 spiro atoms. The Morgan fingerprint density at radius 1 is 1.29 bits per heavy atom. The van der Waals surface area contributed by atoms with Crippen LogP contribution >= 0.6 is 12.4 Å². The predicted octanol–water partition coefficient (Wildman–Crippen LogP) is 2.37. The monoisotopic (exact) mass is 209 g/mol. The van der Waals surface area contributed by atoms with Gasteiger partial charge < -0.3 is 5.73 Å². The van der Waals surface area contributed by atoms with Crippen LogP contribution in [0.25, 0.3) is 0 Å². The summed E-state index contributed by atoms with van der Waals surface area (Å²) in [6, 6.07) is 8.47. The maximum atomic E-state index is 5.69. The zero-order chi connectivity index (χ0) is 9.68. The second-order valence-electron chi connectivity index (χ2n) is 3.25. The molecule has 0 saturated heterocycles. The number of nitrogens with two attached hydrogens (primary N) is 1. The first-order chi connectivity index (χ1) is 6.22. The predicted molar refractivity (Wildman–Crippen MR) is 63.6 cm³/mol. The zero-order valence-electron chi connectivity index (χ0n) is 8.58. The topological polar surface area (TPSA) is 26.0 Å². The van der Waals surface area contributed by atoms with Gasteiger partial charge in [0.2, 0.25) is 0 Å². The molecule has 0 aliphatic heterocycles. The molecule has 0 heterocycles. The van der Waals surface area contributed by atoms with E-state index in [1.165, 1.54) is 5.56 Å². The molecule has 1 nitrogen and oxygen atoms in total. The third-order valence-electron chi connectivity index (χ3n) is 1.78. The van der Waals surface area contributed by atoms with E-state index >= 15 is 0 Å². The van der Waals surface area contributed by atoms with Crippen molar-refractivity contribution < 1.29 is 0 Å². The number of hydrogen-bond acceptors (Lipinski definition) is 1. The molecule has 0 amide bonds. The summed E-state index contributed by atoms with van der Waals surface area (Å²) in [6.07, 6.45) is 0.930. The molecular weight excluding hydrogens is 194 g/mol. The lowest BCUT2D eigenvalue weighted by Gasteiger charge is -2.04. The Balaban J connectivity index is 0.00000169. The van der Waals surface area contributed by atoms with Gasteiger partial charge in [-0.3, -0.25) is 0 Å². The molecule has 1 aromatic carbocycles. The maximum absolute atomic E-state index is 5.69. The van der Waals surface area contributed by atoms with Crippen LogP contribution in [0.15, 0.2) is 24.3 Å². The lowest BCUT2D eigenvalue weighted by atomic mass is 10.1. The van der Waals surface area contributed by atoms with E-state index in [0.29, 0.717) is 0 Å². The van der Waals surface area contributed by atoms with E-state index in [0.717, 1.165) is 12.0 Å². The highest BCUT2D eigenvalue weighted by Crippen LogP contribution is 2.05. The van der Waals surface area contributed by atoms with Crippen molar-refractivity contribution in [2.24, 2.45) is 5.73 Å². The molecule has 2 N–H and O–H groups in total. The van der Waals surface area contributed by atoms with E-state index in [-0.39, 0.29) is 18.4 Å². The lowest BCUT2D eigenvalue weighted by Crippen LogP contribution is -2.17. The molecule has 14 heavy (non-hydrogen) atoms. The van der Waals surface area contributed by atoms with Crippen LogP contribution < -0.4 is 5.73 Å². The van der Waals surface area contributed by atoms with Crippen LogP contribution in [0.5, 0.6) is 0 Å². The fraction of sp³-hybridized carbons (Fsp3) is 0.333. The van der Waals surface area contributed by atoms with Gasteiger partial charge in [0.25, 0.3) is 0 Å². The summed E-state index contributed by atoms with van der Waals surface area (Å²) >= 11 is 0. The fourth-order valence-electron chi connectivity index (χ4n) is 1.24. The second kappa shape index (κ2) is 6.48. The van der Waals surface area contributed by atoms with Crippen LogP contribution in [0.1, 0.15) is 25.0 Å². The molecule has 0 saturated carbocycles. The van der Waals surface area contributed by atoms with Gasteiger partial charge in [0.1, 0.15) is 0 Å². The third kappa shape index (κ3) is 4.32. The molecule has 1 atom stereocenters. The van der Waals surface area contributed by atoms with E-state index in [9.17, 15) is 0 Å². The molecule has 2 heteroatoms. The first kappa shape index (κ1) is 13.0. The van der Waals surface area contributed by atoms with Gasteiger partial charge in [-0.15, -0.1) is 18.3 Å². The minimum absolute atomic E-state index is 0. The second-order valence-corrected chi connectivity index (χ2v) is 3.25. The van der Waals surface area contributed by atoms with Crippen molar-refractivity contribution in [2.45, 2.75) is 26.3 Å². The number of hydrogen-bond donors (Lipinski definition) is 1. The van der Waals surface area contributed by atoms with Crippen molar-refractivity contribution in [3.05, 3.63) is 35.4 Å². The molecule has 0 fully saturated rings. The number of rotatable bonds is 2. The maximum Gasteiger partial charge on any atom is 0.0245 e. The highest BCUT2D eigenvalue weighted by molar-refractivity contribution is 5.85. The average Bonchev–Trinajstić information content (AvgIpc) is 2.08. The van der Waals surface area contributed by atoms with Crippen LogP contribution in [0, 0.1) is 11.8 Å². The van der Waals surface area contributed by atoms with Crippen LogP contribution in [0.3, 0.4) is 0 Å². The summed E-state index contributed by atoms with van der Waals surface area (Å²) in [4.78, 5) is 0. The summed E-state index contributed by atoms with van der Waals surface area (Å²) in [5.74, 6) is 5.88. The Kier molecular flexibility index (Phi) is 6.03. The standard InChI is InChI=1S/C12H15N.ClH/c1-3-4-11-5-7-12(8-6-11)9-10(2)13;/h5-8,10H,9,13H2,1-2H3;1H. The summed E-state index contributed by atoms with van der Waals surface area (Å²) in [6.45, 7) is 3.86. The fourth-order valence-corrected chi connectivity index (χ4v) is 1.24. The molecule has 0 radical (unpaired) electrons. The van der Waals surface area contributed by atoms with Crippen LogP contribution in [-0.4, -0.2) is 6.04 Å². The molecule has 76 valence electrons. The highest BCUT2D eigenvalue weighted by atomic mass is 35.5. The molecule has 1 rings (SSSR count). The number of benzene rings is 1. The first-order valence-corrected chi connectivity index (χ1v) is 4.49. The normalized spacial score (nSPS) is 10.8. The Hall–Kier alpha value is -0.970. The lowest BCUT2D eigenvalue weighted by molar-refractivity contribution is 0.738. The Morgan fingerprint density at radius 2 is 1.86 bits per heavy atom. The van der Waals surface area contributed by atoms with E-state index in [4.69, 9.17) is 5.73 Å². The van der Waals surface area contributed by atoms with Gasteiger partial charge in [0.15, 0.2) is 0 Å². The van der Waals surface area contributed by atoms with Gasteiger partial charge in [-0.05, 0) is 38.0 Å². The van der Waals surface area contributed by atoms with Crippen molar-refractivity contribution >= 4 is 12.4 Å². The summed E-state index contributed by atoms with van der Waals surface area (Å²) in [7, 11) is 0. The van der Waals surface area contributed by atoms with Gasteiger partial charge >= 0.3 is 0 Å². The minimum Gasteiger partial charge on any atom is -0.328 e. The Morgan fingerprint density at radius 3 is 2.29 bits per heavy atom. The van der Waals surface area contributed by atoms with Gasteiger partial charge in [-0.2, -0.15) is 0 Å². The first-order valence-electron chi connectivity index (χ1n) is 4.49. The van der Waals surface area contributed by atoms with Gasteiger partial charge in [0, 0.05) is 11.6 Å².